The number of hydrogen-bond donors (Lipinski definition) is 1. The van der Waals surface area contributed by atoms with Gasteiger partial charge in [-0.3, -0.25) is 4.79 Å². The van der Waals surface area contributed by atoms with Crippen molar-refractivity contribution in [2.45, 2.75) is 39.2 Å². The Kier molecular flexibility index (Phi) is 5.33. The maximum atomic E-state index is 12.6. The number of amidine groups is 1. The smallest absolute Gasteiger partial charge is 0.268 e. The fraction of sp³-hybridized carbons (Fsp3) is 0.389. The first kappa shape index (κ1) is 17.4. The molecule has 3 rings (SSSR count). The lowest BCUT2D eigenvalue weighted by Gasteiger charge is -2.34. The van der Waals surface area contributed by atoms with E-state index in [4.69, 9.17) is 10.6 Å². The maximum Gasteiger partial charge on any atom is 0.268 e. The topological polar surface area (TPSA) is 80.8 Å². The van der Waals surface area contributed by atoms with E-state index in [9.17, 15) is 4.79 Å². The molecule has 0 fully saturated rings. The molecule has 0 saturated heterocycles. The highest BCUT2D eigenvalue weighted by molar-refractivity contribution is 7.09. The van der Waals surface area contributed by atoms with Gasteiger partial charge in [0.2, 0.25) is 0 Å². The third-order valence-electron chi connectivity index (χ3n) is 4.19. The van der Waals surface area contributed by atoms with Gasteiger partial charge < -0.3 is 15.5 Å². The summed E-state index contributed by atoms with van der Waals surface area (Å²) in [7, 11) is 0. The molecular weight excluding hydrogens is 336 g/mol. The number of nitrogens with zero attached hydrogens (tertiary/aromatic N) is 3. The average molecular weight is 358 g/mol. The van der Waals surface area contributed by atoms with E-state index in [1.54, 1.807) is 16.2 Å². The minimum Gasteiger partial charge on any atom is -0.384 e. The number of aryl methyl sites for hydroxylation is 2. The minimum atomic E-state index is -0.129. The molecule has 1 aliphatic rings. The van der Waals surface area contributed by atoms with E-state index in [0.29, 0.717) is 12.3 Å². The van der Waals surface area contributed by atoms with E-state index in [1.807, 2.05) is 30.5 Å². The lowest BCUT2D eigenvalue weighted by atomic mass is 9.96. The molecule has 0 spiro atoms. The van der Waals surface area contributed by atoms with Gasteiger partial charge in [-0.15, -0.1) is 11.3 Å². The second-order valence-corrected chi connectivity index (χ2v) is 7.23. The van der Waals surface area contributed by atoms with Crippen molar-refractivity contribution in [2.75, 3.05) is 11.5 Å². The Labute approximate surface area is 151 Å². The number of rotatable bonds is 5. The van der Waals surface area contributed by atoms with Crippen LogP contribution in [0.15, 0.2) is 34.8 Å². The van der Waals surface area contributed by atoms with Crippen LogP contribution in [0.25, 0.3) is 0 Å². The number of para-hydroxylation sites is 1. The van der Waals surface area contributed by atoms with Crippen molar-refractivity contribution in [1.82, 2.24) is 4.98 Å². The summed E-state index contributed by atoms with van der Waals surface area (Å²) in [6.45, 7) is 3.86. The molecule has 2 N–H and O–H groups in total. The molecule has 7 heteroatoms. The number of oxime groups is 1. The second-order valence-electron chi connectivity index (χ2n) is 6.17. The number of amides is 1. The van der Waals surface area contributed by atoms with Gasteiger partial charge in [0, 0.05) is 17.1 Å². The molecule has 1 aromatic carbocycles. The number of benzene rings is 1. The van der Waals surface area contributed by atoms with Gasteiger partial charge in [0.25, 0.3) is 5.91 Å². The van der Waals surface area contributed by atoms with E-state index in [1.165, 1.54) is 5.56 Å². The van der Waals surface area contributed by atoms with Crippen LogP contribution >= 0.6 is 11.3 Å². The van der Waals surface area contributed by atoms with E-state index in [-0.39, 0.29) is 18.6 Å². The van der Waals surface area contributed by atoms with Gasteiger partial charge >= 0.3 is 0 Å². The Morgan fingerprint density at radius 2 is 2.28 bits per heavy atom. The minimum absolute atomic E-state index is 0.110. The molecule has 2 heterocycles. The number of nitrogens with two attached hydrogens (primary N) is 1. The Morgan fingerprint density at radius 1 is 1.48 bits per heavy atom. The maximum absolute atomic E-state index is 12.6. The van der Waals surface area contributed by atoms with Crippen LogP contribution in [0.1, 0.15) is 29.6 Å². The third kappa shape index (κ3) is 4.17. The molecule has 0 aliphatic carbocycles. The van der Waals surface area contributed by atoms with E-state index in [2.05, 4.69) is 23.1 Å². The highest BCUT2D eigenvalue weighted by Gasteiger charge is 2.28. The summed E-state index contributed by atoms with van der Waals surface area (Å²) in [5.74, 6) is 0.200. The van der Waals surface area contributed by atoms with Gasteiger partial charge in [0.05, 0.1) is 17.1 Å². The fourth-order valence-corrected chi connectivity index (χ4v) is 3.63. The Morgan fingerprint density at radius 3 is 3.04 bits per heavy atom. The quantitative estimate of drug-likeness (QED) is 0.506. The Bertz CT molecular complexity index is 787. The molecule has 132 valence electrons. The molecule has 25 heavy (non-hydrogen) atoms. The monoisotopic (exact) mass is 358 g/mol. The predicted octanol–water partition coefficient (Wildman–Crippen LogP) is 2.65. The Hall–Kier alpha value is -2.41. The van der Waals surface area contributed by atoms with Gasteiger partial charge in [0.1, 0.15) is 5.84 Å². The fourth-order valence-electron chi connectivity index (χ4n) is 3.02. The van der Waals surface area contributed by atoms with Crippen molar-refractivity contribution in [3.63, 3.8) is 0 Å². The van der Waals surface area contributed by atoms with Crippen LogP contribution in [-0.2, 0) is 22.5 Å². The van der Waals surface area contributed by atoms with E-state index >= 15 is 0 Å². The summed E-state index contributed by atoms with van der Waals surface area (Å²) < 4.78 is 0. The number of fused-ring (bicyclic) bond motifs is 1. The zero-order valence-electron chi connectivity index (χ0n) is 14.4. The molecule has 1 unspecified atom stereocenters. The predicted molar refractivity (Wildman–Crippen MR) is 99.8 cm³/mol. The third-order valence-corrected chi connectivity index (χ3v) is 5.01. The normalized spacial score (nSPS) is 17.3. The van der Waals surface area contributed by atoms with Gasteiger partial charge in [-0.2, -0.15) is 0 Å². The summed E-state index contributed by atoms with van der Waals surface area (Å²) in [6, 6.07) is 8.13. The summed E-state index contributed by atoms with van der Waals surface area (Å²) in [6.07, 6.45) is 2.35. The molecule has 1 aromatic heterocycles. The zero-order chi connectivity index (χ0) is 17.8. The van der Waals surface area contributed by atoms with Crippen molar-refractivity contribution in [3.8, 4) is 0 Å². The number of carbonyl (C=O) groups excluding carboxylic acids is 1. The Balaban J connectivity index is 1.60. The SMILES string of the molecule is Cc1nc(CC(N)=NOCC(=O)N2c3ccccc3CCC2C)cs1. The van der Waals surface area contributed by atoms with Gasteiger partial charge in [-0.25, -0.2) is 4.98 Å². The van der Waals surface area contributed by atoms with Gasteiger partial charge in [-0.05, 0) is 38.3 Å². The number of aromatic nitrogens is 1. The first-order valence-corrected chi connectivity index (χ1v) is 9.18. The lowest BCUT2D eigenvalue weighted by Crippen LogP contribution is -2.43. The summed E-state index contributed by atoms with van der Waals surface area (Å²) in [5, 5.41) is 6.78. The highest BCUT2D eigenvalue weighted by atomic mass is 32.1. The van der Waals surface area contributed by atoms with Crippen LogP contribution in [0.4, 0.5) is 5.69 Å². The molecule has 1 aliphatic heterocycles. The number of carbonyl (C=O) groups is 1. The molecule has 1 atom stereocenters. The van der Waals surface area contributed by atoms with Crippen molar-refractivity contribution in [2.24, 2.45) is 10.9 Å². The van der Waals surface area contributed by atoms with Gasteiger partial charge in [-0.1, -0.05) is 23.4 Å². The molecule has 0 saturated carbocycles. The van der Waals surface area contributed by atoms with Crippen molar-refractivity contribution in [1.29, 1.82) is 0 Å². The molecule has 1 amide bonds. The summed E-state index contributed by atoms with van der Waals surface area (Å²) in [5.41, 5.74) is 8.86. The number of thiazole rings is 1. The zero-order valence-corrected chi connectivity index (χ0v) is 15.3. The lowest BCUT2D eigenvalue weighted by molar-refractivity contribution is -0.123. The van der Waals surface area contributed by atoms with E-state index in [0.717, 1.165) is 29.2 Å². The van der Waals surface area contributed by atoms with Crippen LogP contribution in [0.5, 0.6) is 0 Å². The van der Waals surface area contributed by atoms with Crippen molar-refractivity contribution in [3.05, 3.63) is 45.9 Å². The molecule has 0 bridgehead atoms. The summed E-state index contributed by atoms with van der Waals surface area (Å²) in [4.78, 5) is 23.9. The van der Waals surface area contributed by atoms with Crippen LogP contribution < -0.4 is 10.6 Å². The van der Waals surface area contributed by atoms with Crippen molar-refractivity contribution < 1.29 is 9.63 Å². The first-order valence-electron chi connectivity index (χ1n) is 8.30. The largest absolute Gasteiger partial charge is 0.384 e. The van der Waals surface area contributed by atoms with Gasteiger partial charge in [0.15, 0.2) is 6.61 Å². The number of hydrogen-bond acceptors (Lipinski definition) is 5. The van der Waals surface area contributed by atoms with Crippen LogP contribution in [0.3, 0.4) is 0 Å². The highest BCUT2D eigenvalue weighted by Crippen LogP contribution is 2.30. The summed E-state index contributed by atoms with van der Waals surface area (Å²) >= 11 is 1.56. The van der Waals surface area contributed by atoms with E-state index < -0.39 is 0 Å². The second kappa shape index (κ2) is 7.65. The molecule has 2 aromatic rings. The number of anilines is 1. The standard InChI is InChI=1S/C18H22N4O2S/c1-12-7-8-14-5-3-4-6-16(14)22(12)18(23)10-24-21-17(19)9-15-11-25-13(2)20-15/h3-6,11-12H,7-10H2,1-2H3,(H2,19,21). The van der Waals surface area contributed by atoms with Crippen molar-refractivity contribution >= 4 is 28.8 Å². The van der Waals surface area contributed by atoms with Crippen LogP contribution in [-0.4, -0.2) is 29.4 Å². The van der Waals surface area contributed by atoms with Crippen LogP contribution in [0, 0.1) is 6.92 Å². The molecular formula is C18H22N4O2S. The molecule has 6 nitrogen and oxygen atoms in total. The average Bonchev–Trinajstić information content (AvgIpc) is 2.99. The van der Waals surface area contributed by atoms with Crippen LogP contribution in [0.2, 0.25) is 0 Å². The molecule has 0 radical (unpaired) electrons. The first-order chi connectivity index (χ1) is 12.0.